The van der Waals surface area contributed by atoms with Gasteiger partial charge in [-0.15, -0.1) is 0 Å². The van der Waals surface area contributed by atoms with E-state index in [1.54, 1.807) is 0 Å². The molecule has 1 amide bonds. The van der Waals surface area contributed by atoms with E-state index < -0.39 is 0 Å². The summed E-state index contributed by atoms with van der Waals surface area (Å²) >= 11 is 0. The second-order valence-corrected chi connectivity index (χ2v) is 4.68. The van der Waals surface area contributed by atoms with Gasteiger partial charge in [0.05, 0.1) is 0 Å². The highest BCUT2D eigenvalue weighted by molar-refractivity contribution is 5.97. The van der Waals surface area contributed by atoms with Crippen LogP contribution in [0.1, 0.15) is 27.4 Å². The van der Waals surface area contributed by atoms with E-state index >= 15 is 0 Å². The van der Waals surface area contributed by atoms with Crippen LogP contribution in [0.5, 0.6) is 0 Å². The summed E-state index contributed by atoms with van der Waals surface area (Å²) in [5, 5.41) is 2.97. The molecule has 1 aliphatic heterocycles. The van der Waals surface area contributed by atoms with E-state index in [9.17, 15) is 4.79 Å². The zero-order valence-corrected chi connectivity index (χ0v) is 10.1. The normalized spacial score (nSPS) is 18.0. The molecule has 1 N–H and O–H groups in total. The Kier molecular flexibility index (Phi) is 2.85. The molecule has 2 nitrogen and oxygen atoms in total. The van der Waals surface area contributed by atoms with Crippen LogP contribution < -0.4 is 5.32 Å². The third-order valence-electron chi connectivity index (χ3n) is 3.48. The monoisotopic (exact) mass is 237 g/mol. The molecule has 0 bridgehead atoms. The Balaban J connectivity index is 1.91. The Hall–Kier alpha value is -2.09. The van der Waals surface area contributed by atoms with Gasteiger partial charge in [0.25, 0.3) is 5.91 Å². The van der Waals surface area contributed by atoms with E-state index in [2.05, 4.69) is 35.6 Å². The third-order valence-corrected chi connectivity index (χ3v) is 3.48. The molecule has 1 aliphatic rings. The van der Waals surface area contributed by atoms with Gasteiger partial charge in [-0.25, -0.2) is 0 Å². The van der Waals surface area contributed by atoms with Gasteiger partial charge in [0, 0.05) is 18.0 Å². The van der Waals surface area contributed by atoms with Crippen molar-refractivity contribution in [2.45, 2.75) is 12.3 Å². The van der Waals surface area contributed by atoms with Gasteiger partial charge < -0.3 is 5.32 Å². The Morgan fingerprint density at radius 2 is 1.72 bits per heavy atom. The van der Waals surface area contributed by atoms with Gasteiger partial charge in [-0.2, -0.15) is 0 Å². The van der Waals surface area contributed by atoms with Crippen molar-refractivity contribution in [2.75, 3.05) is 6.54 Å². The van der Waals surface area contributed by atoms with Gasteiger partial charge in [0.2, 0.25) is 0 Å². The third kappa shape index (κ3) is 2.02. The highest BCUT2D eigenvalue weighted by Gasteiger charge is 2.24. The van der Waals surface area contributed by atoms with Crippen molar-refractivity contribution in [3.8, 4) is 0 Å². The summed E-state index contributed by atoms with van der Waals surface area (Å²) in [5.41, 5.74) is 3.31. The maximum atomic E-state index is 11.8. The van der Waals surface area contributed by atoms with Crippen LogP contribution in [0.15, 0.2) is 54.6 Å². The molecule has 0 aliphatic carbocycles. The molecule has 90 valence electrons. The fourth-order valence-electron chi connectivity index (χ4n) is 2.56. The smallest absolute Gasteiger partial charge is 0.251 e. The molecule has 0 aromatic heterocycles. The number of carbonyl (C=O) groups is 1. The molecule has 2 heteroatoms. The molecule has 0 radical (unpaired) electrons. The molecule has 0 fully saturated rings. The van der Waals surface area contributed by atoms with Crippen LogP contribution in [0.2, 0.25) is 0 Å². The van der Waals surface area contributed by atoms with Crippen molar-refractivity contribution >= 4 is 5.91 Å². The standard InChI is InChI=1S/C16H15NO/c18-16-15-9-5-4-8-14(15)13(11-17-16)10-12-6-2-1-3-7-12/h1-9,13H,10-11H2,(H,17,18)/t13-/m0/s1. The summed E-state index contributed by atoms with van der Waals surface area (Å²) < 4.78 is 0. The number of benzene rings is 2. The van der Waals surface area contributed by atoms with Crippen LogP contribution >= 0.6 is 0 Å². The van der Waals surface area contributed by atoms with E-state index in [0.717, 1.165) is 18.5 Å². The van der Waals surface area contributed by atoms with E-state index in [1.165, 1.54) is 11.1 Å². The van der Waals surface area contributed by atoms with Gasteiger partial charge in [-0.3, -0.25) is 4.79 Å². The van der Waals surface area contributed by atoms with Gasteiger partial charge in [-0.1, -0.05) is 48.5 Å². The van der Waals surface area contributed by atoms with Crippen LogP contribution in [0, 0.1) is 0 Å². The molecule has 0 unspecified atom stereocenters. The zero-order valence-electron chi connectivity index (χ0n) is 10.1. The topological polar surface area (TPSA) is 29.1 Å². The van der Waals surface area contributed by atoms with Crippen LogP contribution in [-0.4, -0.2) is 12.5 Å². The lowest BCUT2D eigenvalue weighted by Gasteiger charge is -2.25. The predicted octanol–water partition coefficient (Wildman–Crippen LogP) is 2.76. The molecule has 0 saturated carbocycles. The average molecular weight is 237 g/mol. The SMILES string of the molecule is O=C1NC[C@H](Cc2ccccc2)c2ccccc21. The summed E-state index contributed by atoms with van der Waals surface area (Å²) in [6.07, 6.45) is 0.970. The predicted molar refractivity (Wildman–Crippen MR) is 71.7 cm³/mol. The molecule has 2 aromatic rings. The number of hydrogen-bond donors (Lipinski definition) is 1. The minimum absolute atomic E-state index is 0.0508. The molecule has 1 heterocycles. The molecular formula is C16H15NO. The first kappa shape index (κ1) is 11.0. The Morgan fingerprint density at radius 1 is 1.00 bits per heavy atom. The van der Waals surface area contributed by atoms with Crippen molar-refractivity contribution < 1.29 is 4.79 Å². The lowest BCUT2D eigenvalue weighted by Crippen LogP contribution is -2.35. The molecule has 3 rings (SSSR count). The summed E-state index contributed by atoms with van der Waals surface area (Å²) in [6.45, 7) is 0.727. The maximum absolute atomic E-state index is 11.8. The fourth-order valence-corrected chi connectivity index (χ4v) is 2.56. The van der Waals surface area contributed by atoms with Gasteiger partial charge >= 0.3 is 0 Å². The zero-order chi connectivity index (χ0) is 12.4. The number of amides is 1. The van der Waals surface area contributed by atoms with Gasteiger partial charge in [0.1, 0.15) is 0 Å². The van der Waals surface area contributed by atoms with E-state index in [4.69, 9.17) is 0 Å². The van der Waals surface area contributed by atoms with Crippen LogP contribution in [0.4, 0.5) is 0 Å². The minimum Gasteiger partial charge on any atom is -0.351 e. The lowest BCUT2D eigenvalue weighted by molar-refractivity contribution is 0.0940. The Labute approximate surface area is 107 Å². The largest absolute Gasteiger partial charge is 0.351 e. The highest BCUT2D eigenvalue weighted by atomic mass is 16.1. The maximum Gasteiger partial charge on any atom is 0.251 e. The Bertz CT molecular complexity index is 562. The van der Waals surface area contributed by atoms with E-state index in [-0.39, 0.29) is 5.91 Å². The molecule has 1 atom stereocenters. The molecule has 0 saturated heterocycles. The van der Waals surface area contributed by atoms with Crippen molar-refractivity contribution in [1.29, 1.82) is 0 Å². The number of rotatable bonds is 2. The fraction of sp³-hybridized carbons (Fsp3) is 0.188. The van der Waals surface area contributed by atoms with Gasteiger partial charge in [0.15, 0.2) is 0 Å². The number of fused-ring (bicyclic) bond motifs is 1. The van der Waals surface area contributed by atoms with Crippen LogP contribution in [-0.2, 0) is 6.42 Å². The van der Waals surface area contributed by atoms with E-state index in [0.29, 0.717) is 5.92 Å². The second-order valence-electron chi connectivity index (χ2n) is 4.68. The van der Waals surface area contributed by atoms with Crippen molar-refractivity contribution in [2.24, 2.45) is 0 Å². The average Bonchev–Trinajstić information content (AvgIpc) is 2.44. The number of hydrogen-bond acceptors (Lipinski definition) is 1. The first-order chi connectivity index (χ1) is 8.84. The molecule has 18 heavy (non-hydrogen) atoms. The second kappa shape index (κ2) is 4.65. The first-order valence-corrected chi connectivity index (χ1v) is 6.25. The van der Waals surface area contributed by atoms with Crippen LogP contribution in [0.25, 0.3) is 0 Å². The summed E-state index contributed by atoms with van der Waals surface area (Å²) in [7, 11) is 0. The van der Waals surface area contributed by atoms with Crippen molar-refractivity contribution in [1.82, 2.24) is 5.32 Å². The van der Waals surface area contributed by atoms with Crippen LogP contribution in [0.3, 0.4) is 0 Å². The molecule has 0 spiro atoms. The summed E-state index contributed by atoms with van der Waals surface area (Å²) in [6, 6.07) is 18.3. The van der Waals surface area contributed by atoms with Crippen molar-refractivity contribution in [3.05, 3.63) is 71.3 Å². The van der Waals surface area contributed by atoms with Crippen molar-refractivity contribution in [3.63, 3.8) is 0 Å². The first-order valence-electron chi connectivity index (χ1n) is 6.25. The number of nitrogens with one attached hydrogen (secondary N) is 1. The molecular weight excluding hydrogens is 222 g/mol. The summed E-state index contributed by atoms with van der Waals surface area (Å²) in [5.74, 6) is 0.427. The Morgan fingerprint density at radius 3 is 2.56 bits per heavy atom. The summed E-state index contributed by atoms with van der Waals surface area (Å²) in [4.78, 5) is 11.8. The van der Waals surface area contributed by atoms with E-state index in [1.807, 2.05) is 24.3 Å². The minimum atomic E-state index is 0.0508. The lowest BCUT2D eigenvalue weighted by atomic mass is 9.86. The highest BCUT2D eigenvalue weighted by Crippen LogP contribution is 2.26. The molecule has 2 aromatic carbocycles. The quantitative estimate of drug-likeness (QED) is 0.855. The van der Waals surface area contributed by atoms with Gasteiger partial charge in [-0.05, 0) is 23.6 Å². The number of carbonyl (C=O) groups excluding carboxylic acids is 1.